The maximum atomic E-state index is 5.37. The molecule has 3 unspecified atom stereocenters. The third-order valence-corrected chi connectivity index (χ3v) is 3.85. The summed E-state index contributed by atoms with van der Waals surface area (Å²) in [5, 5.41) is 3.71. The third kappa shape index (κ3) is 2.29. The van der Waals surface area contributed by atoms with Crippen molar-refractivity contribution in [1.82, 2.24) is 10.2 Å². The first kappa shape index (κ1) is 12.1. The van der Waals surface area contributed by atoms with Gasteiger partial charge < -0.3 is 15.0 Å². The van der Waals surface area contributed by atoms with Gasteiger partial charge >= 0.3 is 0 Å². The lowest BCUT2D eigenvalue weighted by Gasteiger charge is -2.31. The molecule has 0 amide bonds. The number of hydrogen-bond acceptors (Lipinski definition) is 5. The molecule has 5 heteroatoms. The highest BCUT2D eigenvalue weighted by Crippen LogP contribution is 2.22. The number of rotatable bonds is 1. The van der Waals surface area contributed by atoms with E-state index in [9.17, 15) is 0 Å². The van der Waals surface area contributed by atoms with Gasteiger partial charge in [-0.15, -0.1) is 0 Å². The standard InChI is InChI=1S/C13H19N3OS/c1-9(18)11-8-12-10(14-11)2-3-13(15-12)16-4-6-17-7-5-16/h2-3,8-10,12,14,18H,4-7H2,1H3. The van der Waals surface area contributed by atoms with Crippen LogP contribution in [0.1, 0.15) is 6.92 Å². The van der Waals surface area contributed by atoms with Crippen LogP contribution in [0.15, 0.2) is 28.9 Å². The van der Waals surface area contributed by atoms with E-state index in [-0.39, 0.29) is 11.3 Å². The Hall–Kier alpha value is -0.940. The van der Waals surface area contributed by atoms with Crippen molar-refractivity contribution in [3.63, 3.8) is 0 Å². The number of nitrogens with zero attached hydrogens (tertiary/aromatic N) is 2. The lowest BCUT2D eigenvalue weighted by molar-refractivity contribution is 0.0682. The van der Waals surface area contributed by atoms with Crippen molar-refractivity contribution in [2.75, 3.05) is 26.3 Å². The molecule has 1 fully saturated rings. The van der Waals surface area contributed by atoms with Gasteiger partial charge in [-0.05, 0) is 19.1 Å². The lowest BCUT2D eigenvalue weighted by atomic mass is 10.1. The Morgan fingerprint density at radius 1 is 1.50 bits per heavy atom. The maximum absolute atomic E-state index is 5.37. The molecule has 3 aliphatic rings. The molecule has 0 bridgehead atoms. The van der Waals surface area contributed by atoms with Crippen molar-refractivity contribution in [3.8, 4) is 0 Å². The molecule has 18 heavy (non-hydrogen) atoms. The van der Waals surface area contributed by atoms with E-state index in [0.717, 1.165) is 32.1 Å². The monoisotopic (exact) mass is 265 g/mol. The largest absolute Gasteiger partial charge is 0.379 e. The maximum Gasteiger partial charge on any atom is 0.124 e. The first-order valence-corrected chi connectivity index (χ1v) is 7.01. The number of ether oxygens (including phenoxy) is 1. The zero-order valence-corrected chi connectivity index (χ0v) is 11.4. The summed E-state index contributed by atoms with van der Waals surface area (Å²) in [5.41, 5.74) is 1.19. The molecule has 98 valence electrons. The van der Waals surface area contributed by atoms with Gasteiger partial charge in [0, 0.05) is 24.0 Å². The molecular formula is C13H19N3OS. The summed E-state index contributed by atoms with van der Waals surface area (Å²) in [6.45, 7) is 5.55. The second kappa shape index (κ2) is 4.97. The van der Waals surface area contributed by atoms with E-state index < -0.39 is 0 Å². The smallest absolute Gasteiger partial charge is 0.124 e. The molecule has 0 saturated carbocycles. The summed E-state index contributed by atoms with van der Waals surface area (Å²) in [6, 6.07) is 0.525. The molecule has 0 aromatic heterocycles. The number of hydrogen-bond donors (Lipinski definition) is 2. The van der Waals surface area contributed by atoms with Crippen LogP contribution in [0.4, 0.5) is 0 Å². The van der Waals surface area contributed by atoms with Crippen LogP contribution in [-0.2, 0) is 4.74 Å². The number of thiol groups is 1. The Bertz CT molecular complexity index is 410. The zero-order chi connectivity index (χ0) is 12.5. The van der Waals surface area contributed by atoms with Crippen LogP contribution in [0, 0.1) is 0 Å². The first-order chi connectivity index (χ1) is 8.74. The first-order valence-electron chi connectivity index (χ1n) is 6.49. The highest BCUT2D eigenvalue weighted by Gasteiger charge is 2.29. The summed E-state index contributed by atoms with van der Waals surface area (Å²) in [7, 11) is 0. The number of aliphatic imine (C=N–C) groups is 1. The number of morpholine rings is 1. The van der Waals surface area contributed by atoms with Crippen LogP contribution in [0.3, 0.4) is 0 Å². The molecule has 1 saturated heterocycles. The van der Waals surface area contributed by atoms with E-state index in [1.807, 2.05) is 0 Å². The summed E-state index contributed by atoms with van der Waals surface area (Å²) >= 11 is 4.47. The fourth-order valence-corrected chi connectivity index (χ4v) is 2.68. The Labute approximate surface area is 113 Å². The van der Waals surface area contributed by atoms with Gasteiger partial charge in [-0.25, -0.2) is 0 Å². The quantitative estimate of drug-likeness (QED) is 0.690. The molecule has 3 aliphatic heterocycles. The van der Waals surface area contributed by atoms with E-state index >= 15 is 0 Å². The Morgan fingerprint density at radius 3 is 3.00 bits per heavy atom. The van der Waals surface area contributed by atoms with Gasteiger partial charge in [0.2, 0.25) is 0 Å². The fraction of sp³-hybridized carbons (Fsp3) is 0.615. The average Bonchev–Trinajstić information content (AvgIpc) is 2.82. The molecule has 1 N–H and O–H groups in total. The van der Waals surface area contributed by atoms with Gasteiger partial charge in [0.1, 0.15) is 5.84 Å². The minimum absolute atomic E-state index is 0.220. The predicted molar refractivity (Wildman–Crippen MR) is 76.2 cm³/mol. The van der Waals surface area contributed by atoms with Crippen LogP contribution in [0.5, 0.6) is 0 Å². The van der Waals surface area contributed by atoms with Crippen LogP contribution in [0.2, 0.25) is 0 Å². The van der Waals surface area contributed by atoms with E-state index in [0.29, 0.717) is 6.04 Å². The lowest BCUT2D eigenvalue weighted by Crippen LogP contribution is -2.43. The molecule has 0 aliphatic carbocycles. The normalized spacial score (nSPS) is 32.4. The summed E-state index contributed by atoms with van der Waals surface area (Å²) in [4.78, 5) is 7.13. The molecule has 0 aromatic carbocycles. The van der Waals surface area contributed by atoms with Crippen LogP contribution < -0.4 is 5.32 Å². The molecular weight excluding hydrogens is 246 g/mol. The zero-order valence-electron chi connectivity index (χ0n) is 10.5. The van der Waals surface area contributed by atoms with Crippen molar-refractivity contribution >= 4 is 18.5 Å². The number of dihydropyridines is 1. The Kier molecular flexibility index (Phi) is 3.35. The molecule has 3 heterocycles. The van der Waals surface area contributed by atoms with Crippen LogP contribution in [-0.4, -0.2) is 54.4 Å². The SMILES string of the molecule is CC(S)C1=CC2N=C(N3CCOCC3)C=CC2N1. The fourth-order valence-electron chi connectivity index (χ4n) is 2.52. The summed E-state index contributed by atoms with van der Waals surface area (Å²) < 4.78 is 5.37. The highest BCUT2D eigenvalue weighted by molar-refractivity contribution is 7.81. The number of fused-ring (bicyclic) bond motifs is 1. The predicted octanol–water partition coefficient (Wildman–Crippen LogP) is 0.829. The van der Waals surface area contributed by atoms with Crippen molar-refractivity contribution in [2.24, 2.45) is 4.99 Å². The van der Waals surface area contributed by atoms with E-state index in [1.165, 1.54) is 5.70 Å². The van der Waals surface area contributed by atoms with Crippen LogP contribution >= 0.6 is 12.6 Å². The van der Waals surface area contributed by atoms with E-state index in [1.54, 1.807) is 0 Å². The summed E-state index contributed by atoms with van der Waals surface area (Å²) in [6.07, 6.45) is 6.54. The van der Waals surface area contributed by atoms with Crippen molar-refractivity contribution in [1.29, 1.82) is 0 Å². The average molecular weight is 265 g/mol. The van der Waals surface area contributed by atoms with Crippen molar-refractivity contribution < 1.29 is 4.74 Å². The van der Waals surface area contributed by atoms with Gasteiger partial charge in [0.25, 0.3) is 0 Å². The second-order valence-electron chi connectivity index (χ2n) is 4.90. The van der Waals surface area contributed by atoms with Gasteiger partial charge in [-0.3, -0.25) is 4.99 Å². The number of amidine groups is 1. The molecule has 3 atom stereocenters. The number of nitrogens with one attached hydrogen (secondary N) is 1. The van der Waals surface area contributed by atoms with Gasteiger partial charge in [-0.2, -0.15) is 12.6 Å². The molecule has 0 spiro atoms. The highest BCUT2D eigenvalue weighted by atomic mass is 32.1. The van der Waals surface area contributed by atoms with Gasteiger partial charge in [0.15, 0.2) is 0 Å². The minimum Gasteiger partial charge on any atom is -0.379 e. The van der Waals surface area contributed by atoms with Crippen molar-refractivity contribution in [3.05, 3.63) is 23.9 Å². The Morgan fingerprint density at radius 2 is 2.28 bits per heavy atom. The molecule has 3 rings (SSSR count). The molecule has 4 nitrogen and oxygen atoms in total. The molecule has 0 radical (unpaired) electrons. The van der Waals surface area contributed by atoms with Gasteiger partial charge in [-0.1, -0.05) is 6.08 Å². The topological polar surface area (TPSA) is 36.9 Å². The van der Waals surface area contributed by atoms with Crippen molar-refractivity contribution in [2.45, 2.75) is 24.3 Å². The second-order valence-corrected chi connectivity index (χ2v) is 5.68. The third-order valence-electron chi connectivity index (χ3n) is 3.57. The van der Waals surface area contributed by atoms with E-state index in [2.05, 4.69) is 48.0 Å². The summed E-state index contributed by atoms with van der Waals surface area (Å²) in [5.74, 6) is 1.09. The van der Waals surface area contributed by atoms with Gasteiger partial charge in [0.05, 0.1) is 25.3 Å². The van der Waals surface area contributed by atoms with Crippen LogP contribution in [0.25, 0.3) is 0 Å². The van der Waals surface area contributed by atoms with E-state index in [4.69, 9.17) is 9.73 Å². The molecule has 0 aromatic rings. The Balaban J connectivity index is 1.75. The minimum atomic E-state index is 0.220.